The van der Waals surface area contributed by atoms with Gasteiger partial charge in [-0.15, -0.1) is 0 Å². The molecule has 0 radical (unpaired) electrons. The number of pyridine rings is 1. The van der Waals surface area contributed by atoms with Crippen LogP contribution in [0.5, 0.6) is 0 Å². The first-order chi connectivity index (χ1) is 10.4. The maximum atomic E-state index is 11.5. The monoisotopic (exact) mass is 325 g/mol. The second-order valence-corrected chi connectivity index (χ2v) is 6.08. The van der Waals surface area contributed by atoms with Gasteiger partial charge in [0.15, 0.2) is 0 Å². The molecule has 2 heterocycles. The Bertz CT molecular complexity index is 769. The summed E-state index contributed by atoms with van der Waals surface area (Å²) < 4.78 is 31.0. The zero-order chi connectivity index (χ0) is 16.2. The van der Waals surface area contributed by atoms with E-state index in [9.17, 15) is 13.2 Å². The minimum atomic E-state index is -3.46. The molecule has 0 aliphatic rings. The van der Waals surface area contributed by atoms with E-state index >= 15 is 0 Å². The fraction of sp³-hybridized carbons (Fsp3) is 0.308. The van der Waals surface area contributed by atoms with Crippen LogP contribution in [0.1, 0.15) is 16.2 Å². The first kappa shape index (κ1) is 16.1. The van der Waals surface area contributed by atoms with E-state index in [-0.39, 0.29) is 6.61 Å². The van der Waals surface area contributed by atoms with Crippen molar-refractivity contribution in [2.45, 2.75) is 6.42 Å². The normalized spacial score (nSPS) is 11.4. The number of carbonyl (C=O) groups excluding carboxylic acids is 1. The van der Waals surface area contributed by atoms with E-state index in [0.717, 1.165) is 6.26 Å². The summed E-state index contributed by atoms with van der Waals surface area (Å²) in [5.41, 5.74) is 1.52. The molecule has 1 N–H and O–H groups in total. The lowest BCUT2D eigenvalue weighted by molar-refractivity contribution is 0.0600. The zero-order valence-electron chi connectivity index (χ0n) is 12.1. The highest BCUT2D eigenvalue weighted by Gasteiger charge is 2.10. The molecular weight excluding hydrogens is 310 g/mol. The number of rotatable bonds is 6. The van der Waals surface area contributed by atoms with Crippen molar-refractivity contribution in [1.82, 2.24) is 15.0 Å². The molecule has 0 fully saturated rings. The average molecular weight is 325 g/mol. The number of ether oxygens (including phenoxy) is 1. The summed E-state index contributed by atoms with van der Waals surface area (Å²) in [7, 11) is -2.16. The topological polar surface area (TPSA) is 111 Å². The van der Waals surface area contributed by atoms with Gasteiger partial charge in [-0.25, -0.2) is 9.78 Å². The van der Waals surface area contributed by atoms with E-state index in [2.05, 4.69) is 23.9 Å². The van der Waals surface area contributed by atoms with Gasteiger partial charge in [0.25, 0.3) is 10.1 Å². The molecule has 0 spiro atoms. The number of hydrogen-bond acceptors (Lipinski definition) is 7. The molecule has 0 saturated carbocycles. The van der Waals surface area contributed by atoms with Crippen molar-refractivity contribution >= 4 is 16.1 Å². The van der Waals surface area contributed by atoms with Gasteiger partial charge >= 0.3 is 5.97 Å². The van der Waals surface area contributed by atoms with Gasteiger partial charge in [0.05, 0.1) is 43.1 Å². The lowest BCUT2D eigenvalue weighted by Crippen LogP contribution is -2.06. The van der Waals surface area contributed by atoms with Crippen LogP contribution in [0.2, 0.25) is 0 Å². The maximum absolute atomic E-state index is 11.5. The highest BCUT2D eigenvalue weighted by molar-refractivity contribution is 7.85. The molecule has 2 aromatic heterocycles. The van der Waals surface area contributed by atoms with E-state index in [1.54, 1.807) is 18.3 Å². The Kier molecular flexibility index (Phi) is 4.88. The van der Waals surface area contributed by atoms with E-state index in [0.29, 0.717) is 29.2 Å². The van der Waals surface area contributed by atoms with Crippen molar-refractivity contribution in [1.29, 1.82) is 0 Å². The van der Waals surface area contributed by atoms with Crippen molar-refractivity contribution in [3.63, 3.8) is 0 Å². The van der Waals surface area contributed by atoms with Crippen LogP contribution in [-0.2, 0) is 25.5 Å². The number of aromatic nitrogens is 3. The first-order valence-electron chi connectivity index (χ1n) is 6.32. The predicted octanol–water partition coefficient (Wildman–Crippen LogP) is 0.777. The van der Waals surface area contributed by atoms with Crippen LogP contribution in [0.25, 0.3) is 11.4 Å². The van der Waals surface area contributed by atoms with Gasteiger partial charge in [0.1, 0.15) is 5.82 Å². The number of H-pyrrole nitrogens is 1. The molecule has 0 unspecified atom stereocenters. The Balaban J connectivity index is 2.09. The number of nitrogens with zero attached hydrogens (tertiary/aromatic N) is 2. The standard InChI is InChI=1S/C13H15N3O5S/c1-20-13(17)9-3-5-14-10(7-9)11-8-15-12(16-11)4-6-21-22(2,18)19/h3,5,7-8H,4,6H2,1-2H3,(H,15,16). The van der Waals surface area contributed by atoms with Crippen molar-refractivity contribution < 1.29 is 22.1 Å². The second-order valence-electron chi connectivity index (χ2n) is 4.44. The van der Waals surface area contributed by atoms with Crippen LogP contribution >= 0.6 is 0 Å². The third-order valence-electron chi connectivity index (χ3n) is 2.72. The Hall–Kier alpha value is -2.26. The van der Waals surface area contributed by atoms with Crippen LogP contribution in [0.15, 0.2) is 24.5 Å². The molecule has 0 atom stereocenters. The Morgan fingerprint density at radius 2 is 2.14 bits per heavy atom. The third-order valence-corrected chi connectivity index (χ3v) is 3.32. The quantitative estimate of drug-likeness (QED) is 0.617. The summed E-state index contributed by atoms with van der Waals surface area (Å²) in [6.45, 7) is 0.00140. The van der Waals surface area contributed by atoms with Crippen LogP contribution in [0.3, 0.4) is 0 Å². The van der Waals surface area contributed by atoms with E-state index in [1.807, 2.05) is 0 Å². The van der Waals surface area contributed by atoms with Crippen LogP contribution in [-0.4, -0.2) is 49.3 Å². The van der Waals surface area contributed by atoms with Gasteiger partial charge in [0.2, 0.25) is 0 Å². The molecule has 22 heavy (non-hydrogen) atoms. The fourth-order valence-electron chi connectivity index (χ4n) is 1.73. The number of aromatic amines is 1. The summed E-state index contributed by atoms with van der Waals surface area (Å²) in [4.78, 5) is 22.8. The fourth-order valence-corrected chi connectivity index (χ4v) is 2.12. The SMILES string of the molecule is COC(=O)c1ccnc(-c2cnc(CCOS(C)(=O)=O)[nH]2)c1. The van der Waals surface area contributed by atoms with Gasteiger partial charge in [-0.05, 0) is 12.1 Å². The Morgan fingerprint density at radius 3 is 2.82 bits per heavy atom. The number of carbonyl (C=O) groups is 1. The number of nitrogens with one attached hydrogen (secondary N) is 1. The van der Waals surface area contributed by atoms with Crippen molar-refractivity contribution in [2.24, 2.45) is 0 Å². The number of esters is 1. The van der Waals surface area contributed by atoms with Crippen molar-refractivity contribution in [3.8, 4) is 11.4 Å². The molecule has 0 aromatic carbocycles. The average Bonchev–Trinajstić information content (AvgIpc) is 2.94. The second kappa shape index (κ2) is 6.67. The van der Waals surface area contributed by atoms with Crippen molar-refractivity contribution in [3.05, 3.63) is 35.9 Å². The van der Waals surface area contributed by atoms with Gasteiger partial charge in [-0.3, -0.25) is 9.17 Å². The number of imidazole rings is 1. The van der Waals surface area contributed by atoms with E-state index in [4.69, 9.17) is 0 Å². The van der Waals surface area contributed by atoms with Gasteiger partial charge in [-0.2, -0.15) is 8.42 Å². The molecule has 0 aliphatic carbocycles. The zero-order valence-corrected chi connectivity index (χ0v) is 12.9. The summed E-state index contributed by atoms with van der Waals surface area (Å²) in [5.74, 6) is 0.105. The lowest BCUT2D eigenvalue weighted by Gasteiger charge is -2.01. The minimum absolute atomic E-state index is 0.00140. The number of hydrogen-bond donors (Lipinski definition) is 1. The largest absolute Gasteiger partial charge is 0.465 e. The molecule has 0 aliphatic heterocycles. The lowest BCUT2D eigenvalue weighted by atomic mass is 10.2. The van der Waals surface area contributed by atoms with E-state index in [1.165, 1.54) is 13.3 Å². The molecular formula is C13H15N3O5S. The molecule has 0 saturated heterocycles. The summed E-state index contributed by atoms with van der Waals surface area (Å²) in [6.07, 6.45) is 4.35. The molecule has 118 valence electrons. The van der Waals surface area contributed by atoms with Crippen LogP contribution < -0.4 is 0 Å². The number of methoxy groups -OCH3 is 1. The Morgan fingerprint density at radius 1 is 1.36 bits per heavy atom. The smallest absolute Gasteiger partial charge is 0.337 e. The summed E-state index contributed by atoms with van der Waals surface area (Å²) in [5, 5.41) is 0. The van der Waals surface area contributed by atoms with Crippen LogP contribution in [0, 0.1) is 0 Å². The highest BCUT2D eigenvalue weighted by Crippen LogP contribution is 2.16. The molecule has 2 rings (SSSR count). The first-order valence-corrected chi connectivity index (χ1v) is 8.14. The van der Waals surface area contributed by atoms with Gasteiger partial charge in [0, 0.05) is 12.6 Å². The van der Waals surface area contributed by atoms with Gasteiger partial charge < -0.3 is 9.72 Å². The van der Waals surface area contributed by atoms with Crippen LogP contribution in [0.4, 0.5) is 0 Å². The maximum Gasteiger partial charge on any atom is 0.337 e. The van der Waals surface area contributed by atoms with Gasteiger partial charge in [-0.1, -0.05) is 0 Å². The Labute approximate surface area is 127 Å². The molecule has 9 heteroatoms. The third kappa shape index (κ3) is 4.37. The summed E-state index contributed by atoms with van der Waals surface area (Å²) in [6, 6.07) is 3.13. The minimum Gasteiger partial charge on any atom is -0.465 e. The molecule has 0 amide bonds. The summed E-state index contributed by atoms with van der Waals surface area (Å²) >= 11 is 0. The molecule has 2 aromatic rings. The highest BCUT2D eigenvalue weighted by atomic mass is 32.2. The van der Waals surface area contributed by atoms with E-state index < -0.39 is 16.1 Å². The molecule has 8 nitrogen and oxygen atoms in total. The molecule has 0 bridgehead atoms. The van der Waals surface area contributed by atoms with Crippen molar-refractivity contribution in [2.75, 3.05) is 20.0 Å². The predicted molar refractivity (Wildman–Crippen MR) is 77.7 cm³/mol.